The van der Waals surface area contributed by atoms with Gasteiger partial charge in [-0.25, -0.2) is 13.6 Å². The zero-order valence-electron chi connectivity index (χ0n) is 14.5. The van der Waals surface area contributed by atoms with Crippen molar-refractivity contribution in [2.24, 2.45) is 0 Å². The zero-order valence-corrected chi connectivity index (χ0v) is 15.3. The number of hydrogen-bond donors (Lipinski definition) is 2. The molecule has 0 aliphatic carbocycles. The lowest BCUT2D eigenvalue weighted by Gasteiger charge is -2.20. The SMILES string of the molecule is CCOC(=S)NC[C@H]1CN(c2cc(F)c(N3CNC(=O)C3)c(F)c2)C(=O)O1. The number of halogens is 2. The zero-order chi connectivity index (χ0) is 19.6. The van der Waals surface area contributed by atoms with Gasteiger partial charge in [0.05, 0.1) is 38.6 Å². The summed E-state index contributed by atoms with van der Waals surface area (Å²) in [6.07, 6.45) is -1.27. The van der Waals surface area contributed by atoms with Crippen LogP contribution in [0.2, 0.25) is 0 Å². The van der Waals surface area contributed by atoms with Crippen LogP contribution in [0.1, 0.15) is 6.92 Å². The molecule has 2 amide bonds. The van der Waals surface area contributed by atoms with Crippen LogP contribution in [0.4, 0.5) is 25.0 Å². The lowest BCUT2D eigenvalue weighted by molar-refractivity contribution is -0.118. The number of hydrogen-bond acceptors (Lipinski definition) is 6. The first-order valence-electron chi connectivity index (χ1n) is 8.28. The number of carbonyl (C=O) groups is 2. The Hall–Kier alpha value is -2.69. The molecule has 146 valence electrons. The van der Waals surface area contributed by atoms with Crippen molar-refractivity contribution in [1.82, 2.24) is 10.6 Å². The normalized spacial score (nSPS) is 19.1. The number of nitrogens with one attached hydrogen (secondary N) is 2. The molecule has 8 nitrogen and oxygen atoms in total. The number of carbonyl (C=O) groups excluding carboxylic acids is 2. The molecule has 1 aromatic carbocycles. The van der Waals surface area contributed by atoms with Crippen LogP contribution in [-0.4, -0.2) is 56.2 Å². The molecule has 2 saturated heterocycles. The number of cyclic esters (lactones) is 1. The Morgan fingerprint density at radius 2 is 2.11 bits per heavy atom. The van der Waals surface area contributed by atoms with E-state index in [2.05, 4.69) is 10.6 Å². The van der Waals surface area contributed by atoms with Gasteiger partial charge in [-0.2, -0.15) is 0 Å². The van der Waals surface area contributed by atoms with Gasteiger partial charge in [-0.15, -0.1) is 0 Å². The molecule has 0 spiro atoms. The number of rotatable bonds is 5. The summed E-state index contributed by atoms with van der Waals surface area (Å²) in [6, 6.07) is 2.09. The fourth-order valence-electron chi connectivity index (χ4n) is 2.85. The molecule has 0 aromatic heterocycles. The third-order valence-electron chi connectivity index (χ3n) is 4.05. The molecule has 2 aliphatic rings. The highest BCUT2D eigenvalue weighted by Gasteiger charge is 2.34. The molecule has 1 aromatic rings. The van der Waals surface area contributed by atoms with Crippen molar-refractivity contribution in [1.29, 1.82) is 0 Å². The van der Waals surface area contributed by atoms with E-state index in [1.165, 1.54) is 4.90 Å². The molecular formula is C16H18F2N4O4S. The van der Waals surface area contributed by atoms with E-state index in [1.54, 1.807) is 6.92 Å². The Balaban J connectivity index is 1.70. The number of thiocarbonyl (C=S) groups is 1. The van der Waals surface area contributed by atoms with Crippen LogP contribution in [0.3, 0.4) is 0 Å². The fourth-order valence-corrected chi connectivity index (χ4v) is 3.06. The van der Waals surface area contributed by atoms with Crippen molar-refractivity contribution < 1.29 is 27.8 Å². The van der Waals surface area contributed by atoms with Crippen molar-refractivity contribution in [3.8, 4) is 0 Å². The first-order chi connectivity index (χ1) is 12.9. The maximum atomic E-state index is 14.5. The molecule has 1 atom stereocenters. The molecule has 27 heavy (non-hydrogen) atoms. The molecule has 0 unspecified atom stereocenters. The average Bonchev–Trinajstić information content (AvgIpc) is 3.18. The lowest BCUT2D eigenvalue weighted by atomic mass is 10.2. The van der Waals surface area contributed by atoms with Crippen LogP contribution < -0.4 is 20.4 Å². The lowest BCUT2D eigenvalue weighted by Crippen LogP contribution is -2.34. The number of amides is 2. The average molecular weight is 400 g/mol. The van der Waals surface area contributed by atoms with E-state index < -0.39 is 23.8 Å². The minimum atomic E-state index is -0.867. The number of nitrogens with zero attached hydrogens (tertiary/aromatic N) is 2. The van der Waals surface area contributed by atoms with Crippen molar-refractivity contribution in [2.45, 2.75) is 13.0 Å². The van der Waals surface area contributed by atoms with Gasteiger partial charge in [-0.3, -0.25) is 9.69 Å². The van der Waals surface area contributed by atoms with Crippen LogP contribution in [-0.2, 0) is 14.3 Å². The van der Waals surface area contributed by atoms with Crippen molar-refractivity contribution in [2.75, 3.05) is 42.7 Å². The van der Waals surface area contributed by atoms with Crippen LogP contribution in [0.5, 0.6) is 0 Å². The highest BCUT2D eigenvalue weighted by Crippen LogP contribution is 2.31. The van der Waals surface area contributed by atoms with E-state index >= 15 is 0 Å². The second-order valence-electron chi connectivity index (χ2n) is 5.93. The van der Waals surface area contributed by atoms with Crippen molar-refractivity contribution in [3.05, 3.63) is 23.8 Å². The maximum absolute atomic E-state index is 14.5. The van der Waals surface area contributed by atoms with Gasteiger partial charge in [0, 0.05) is 12.1 Å². The third kappa shape index (κ3) is 4.18. The van der Waals surface area contributed by atoms with E-state index in [0.717, 1.165) is 17.0 Å². The predicted molar refractivity (Wildman–Crippen MR) is 96.6 cm³/mol. The van der Waals surface area contributed by atoms with Gasteiger partial charge in [0.1, 0.15) is 11.8 Å². The predicted octanol–water partition coefficient (Wildman–Crippen LogP) is 1.09. The van der Waals surface area contributed by atoms with Gasteiger partial charge in [-0.05, 0) is 19.1 Å². The first-order valence-corrected chi connectivity index (χ1v) is 8.69. The molecular weight excluding hydrogens is 382 g/mol. The Morgan fingerprint density at radius 3 is 2.70 bits per heavy atom. The van der Waals surface area contributed by atoms with E-state index in [0.29, 0.717) is 6.61 Å². The summed E-state index contributed by atoms with van der Waals surface area (Å²) in [5.41, 5.74) is -0.280. The summed E-state index contributed by atoms with van der Waals surface area (Å²) in [6.45, 7) is 2.39. The summed E-state index contributed by atoms with van der Waals surface area (Å²) in [7, 11) is 0. The number of ether oxygens (including phenoxy) is 2. The number of benzene rings is 1. The van der Waals surface area contributed by atoms with Crippen molar-refractivity contribution in [3.63, 3.8) is 0 Å². The molecule has 2 N–H and O–H groups in total. The van der Waals surface area contributed by atoms with Gasteiger partial charge in [0.25, 0.3) is 5.17 Å². The highest BCUT2D eigenvalue weighted by atomic mass is 32.1. The van der Waals surface area contributed by atoms with Crippen LogP contribution in [0.25, 0.3) is 0 Å². The topological polar surface area (TPSA) is 83.1 Å². The molecule has 2 fully saturated rings. The first kappa shape index (κ1) is 19.1. The van der Waals surface area contributed by atoms with E-state index in [-0.39, 0.29) is 48.8 Å². The maximum Gasteiger partial charge on any atom is 0.414 e. The third-order valence-corrected chi connectivity index (χ3v) is 4.32. The summed E-state index contributed by atoms with van der Waals surface area (Å²) >= 11 is 4.93. The molecule has 3 rings (SSSR count). The molecule has 0 bridgehead atoms. The van der Waals surface area contributed by atoms with Crippen molar-refractivity contribution >= 4 is 40.8 Å². The van der Waals surface area contributed by atoms with Crippen LogP contribution in [0, 0.1) is 11.6 Å². The standard InChI is InChI=1S/C16H18F2N4O4S/c1-2-25-15(27)19-5-10-6-22(16(24)26-10)9-3-11(17)14(12(18)4-9)21-7-13(23)20-8-21/h3-4,10H,2,5-8H2,1H3,(H,19,27)(H,20,23)/t10-/m0/s1. The molecule has 0 saturated carbocycles. The van der Waals surface area contributed by atoms with E-state index in [1.807, 2.05) is 0 Å². The minimum Gasteiger partial charge on any atom is -0.471 e. The van der Waals surface area contributed by atoms with Crippen LogP contribution in [0.15, 0.2) is 12.1 Å². The van der Waals surface area contributed by atoms with Crippen LogP contribution >= 0.6 is 12.2 Å². The molecule has 11 heteroatoms. The second kappa shape index (κ2) is 7.91. The fraction of sp³-hybridized carbons (Fsp3) is 0.438. The van der Waals surface area contributed by atoms with Gasteiger partial charge in [0.15, 0.2) is 11.6 Å². The Labute approximate surface area is 159 Å². The molecule has 2 aliphatic heterocycles. The monoisotopic (exact) mass is 400 g/mol. The summed E-state index contributed by atoms with van der Waals surface area (Å²) in [5.74, 6) is -2.05. The van der Waals surface area contributed by atoms with Gasteiger partial charge in [0.2, 0.25) is 5.91 Å². The Kier molecular flexibility index (Phi) is 5.59. The minimum absolute atomic E-state index is 0.0191. The van der Waals surface area contributed by atoms with E-state index in [4.69, 9.17) is 21.7 Å². The second-order valence-corrected chi connectivity index (χ2v) is 6.30. The smallest absolute Gasteiger partial charge is 0.414 e. The Bertz CT molecular complexity index is 756. The quantitative estimate of drug-likeness (QED) is 0.716. The van der Waals surface area contributed by atoms with E-state index in [9.17, 15) is 18.4 Å². The molecule has 0 radical (unpaired) electrons. The summed E-state index contributed by atoms with van der Waals surface area (Å²) < 4.78 is 39.2. The molecule has 2 heterocycles. The van der Waals surface area contributed by atoms with Gasteiger partial charge >= 0.3 is 6.09 Å². The summed E-state index contributed by atoms with van der Waals surface area (Å²) in [4.78, 5) is 25.7. The number of anilines is 2. The Morgan fingerprint density at radius 1 is 1.41 bits per heavy atom. The van der Waals surface area contributed by atoms with Gasteiger partial charge in [-0.1, -0.05) is 0 Å². The largest absolute Gasteiger partial charge is 0.471 e. The highest BCUT2D eigenvalue weighted by molar-refractivity contribution is 7.80. The van der Waals surface area contributed by atoms with Gasteiger partial charge < -0.3 is 25.0 Å². The summed E-state index contributed by atoms with van der Waals surface area (Å²) in [5, 5.41) is 5.46.